The van der Waals surface area contributed by atoms with Crippen LogP contribution >= 0.6 is 0 Å². The zero-order valence-electron chi connectivity index (χ0n) is 3.92. The Bertz CT molecular complexity index is 69.1. The summed E-state index contributed by atoms with van der Waals surface area (Å²) in [6.45, 7) is 0. The fraction of sp³-hybridized carbons (Fsp3) is 0. The molecule has 0 bridgehead atoms. The van der Waals surface area contributed by atoms with Crippen molar-refractivity contribution >= 4 is 0 Å². The summed E-state index contributed by atoms with van der Waals surface area (Å²) in [5.74, 6) is 0. The van der Waals surface area contributed by atoms with Crippen LogP contribution in [0.3, 0.4) is 0 Å². The monoisotopic (exact) mass is 265 g/mol. The van der Waals surface area contributed by atoms with Gasteiger partial charge in [0.2, 0.25) is 0 Å². The molecule has 0 heterocycles. The molecule has 0 aliphatic rings. The van der Waals surface area contributed by atoms with Crippen molar-refractivity contribution in [3.63, 3.8) is 0 Å². The summed E-state index contributed by atoms with van der Waals surface area (Å²) < 4.78 is 0. The van der Waals surface area contributed by atoms with E-state index in [2.05, 4.69) is 0 Å². The molecule has 0 unspecified atom stereocenters. The first-order valence-electron chi connectivity index (χ1n) is 1.10. The van der Waals surface area contributed by atoms with Crippen molar-refractivity contribution in [2.75, 3.05) is 0 Å². The van der Waals surface area contributed by atoms with E-state index in [-0.39, 0.29) is 41.3 Å². The SMILES string of the molecule is O=[N+]([O-])[O-].O=[N+]([O-])[O-].[Pr+2]. The molecule has 0 amide bonds. The molecule has 0 spiro atoms. The molecule has 0 atom stereocenters. The summed E-state index contributed by atoms with van der Waals surface area (Å²) in [6.07, 6.45) is 0. The van der Waals surface area contributed by atoms with E-state index in [0.717, 1.165) is 0 Å². The van der Waals surface area contributed by atoms with Crippen LogP contribution in [0.4, 0.5) is 0 Å². The molecule has 0 fully saturated rings. The molecule has 1 radical (unpaired) electrons. The van der Waals surface area contributed by atoms with Crippen molar-refractivity contribution in [2.45, 2.75) is 0 Å². The minimum absolute atomic E-state index is 0. The van der Waals surface area contributed by atoms with Crippen LogP contribution in [0.15, 0.2) is 0 Å². The Morgan fingerprint density at radius 1 is 0.778 bits per heavy atom. The topological polar surface area (TPSA) is 132 Å². The van der Waals surface area contributed by atoms with E-state index >= 15 is 0 Å². The summed E-state index contributed by atoms with van der Waals surface area (Å²) >= 11 is 0. The summed E-state index contributed by atoms with van der Waals surface area (Å²) in [5, 5.41) is 29.5. The molecular formula is N2O6Pr. The minimum Gasteiger partial charge on any atom is -0.356 e. The van der Waals surface area contributed by atoms with E-state index in [1.54, 1.807) is 0 Å². The van der Waals surface area contributed by atoms with Gasteiger partial charge in [-0.2, -0.15) is 0 Å². The Morgan fingerprint density at radius 2 is 0.778 bits per heavy atom. The van der Waals surface area contributed by atoms with E-state index in [4.69, 9.17) is 30.6 Å². The molecule has 0 aromatic heterocycles. The van der Waals surface area contributed by atoms with Gasteiger partial charge < -0.3 is 30.6 Å². The fourth-order valence-corrected chi connectivity index (χ4v) is 0. The molecule has 9 heteroatoms. The van der Waals surface area contributed by atoms with Gasteiger partial charge in [0.1, 0.15) is 0 Å². The normalized spacial score (nSPS) is 5.33. The number of rotatable bonds is 0. The molecule has 0 aromatic rings. The average Bonchev–Trinajstić information content (AvgIpc) is 1.25. The molecule has 8 nitrogen and oxygen atoms in total. The fourth-order valence-electron chi connectivity index (χ4n) is 0. The second kappa shape index (κ2) is 10.7. The Kier molecular flexibility index (Phi) is 18.9. The maximum absolute atomic E-state index is 8.25. The smallest absolute Gasteiger partial charge is 0.356 e. The van der Waals surface area contributed by atoms with Gasteiger partial charge in [0, 0.05) is 0 Å². The predicted octanol–water partition coefficient (Wildman–Crippen LogP) is -0.478. The van der Waals surface area contributed by atoms with Crippen molar-refractivity contribution < 1.29 is 51.5 Å². The van der Waals surface area contributed by atoms with E-state index in [1.807, 2.05) is 0 Å². The third-order valence-electron chi connectivity index (χ3n) is 0. The van der Waals surface area contributed by atoms with E-state index in [1.165, 1.54) is 0 Å². The largest absolute Gasteiger partial charge is 2.00 e. The molecule has 0 aliphatic carbocycles. The van der Waals surface area contributed by atoms with Crippen LogP contribution in [-0.4, -0.2) is 10.2 Å². The third kappa shape index (κ3) is 4620. The first-order chi connectivity index (χ1) is 3.46. The van der Waals surface area contributed by atoms with Crippen LogP contribution in [0.25, 0.3) is 0 Å². The summed E-state index contributed by atoms with van der Waals surface area (Å²) in [7, 11) is 0. The minimum atomic E-state index is -1.75. The molecule has 0 aliphatic heterocycles. The summed E-state index contributed by atoms with van der Waals surface area (Å²) in [6, 6.07) is 0. The van der Waals surface area contributed by atoms with Crippen LogP contribution in [0.5, 0.6) is 0 Å². The van der Waals surface area contributed by atoms with Crippen molar-refractivity contribution in [1.82, 2.24) is 0 Å². The average molecular weight is 265 g/mol. The Labute approximate surface area is 81.6 Å². The Morgan fingerprint density at radius 3 is 0.778 bits per heavy atom. The van der Waals surface area contributed by atoms with Gasteiger partial charge in [-0.1, -0.05) is 0 Å². The zero-order valence-corrected chi connectivity index (χ0v) is 7.63. The molecule has 49 valence electrons. The van der Waals surface area contributed by atoms with Gasteiger partial charge in [0.25, 0.3) is 0 Å². The predicted molar refractivity (Wildman–Crippen MR) is 20.7 cm³/mol. The maximum atomic E-state index is 8.25. The Hall–Kier alpha value is -0.236. The second-order valence-electron chi connectivity index (χ2n) is 0.447. The number of hydrogen-bond donors (Lipinski definition) is 0. The zero-order chi connectivity index (χ0) is 7.15. The van der Waals surface area contributed by atoms with Crippen LogP contribution in [0.2, 0.25) is 0 Å². The molecule has 0 aromatic carbocycles. The van der Waals surface area contributed by atoms with E-state index < -0.39 is 10.2 Å². The molecule has 0 saturated heterocycles. The van der Waals surface area contributed by atoms with Crippen LogP contribution in [0.1, 0.15) is 0 Å². The van der Waals surface area contributed by atoms with E-state index in [0.29, 0.717) is 0 Å². The summed E-state index contributed by atoms with van der Waals surface area (Å²) in [4.78, 5) is 16.5. The first-order valence-corrected chi connectivity index (χ1v) is 1.10. The van der Waals surface area contributed by atoms with Crippen molar-refractivity contribution in [2.24, 2.45) is 0 Å². The van der Waals surface area contributed by atoms with Gasteiger partial charge in [-0.25, -0.2) is 0 Å². The van der Waals surface area contributed by atoms with Gasteiger partial charge in [-0.15, -0.1) is 0 Å². The van der Waals surface area contributed by atoms with Gasteiger partial charge in [0.05, 0.1) is 10.2 Å². The molecule has 9 heavy (non-hydrogen) atoms. The maximum Gasteiger partial charge on any atom is 2.00 e. The van der Waals surface area contributed by atoms with Gasteiger partial charge in [-0.05, 0) is 0 Å². The summed E-state index contributed by atoms with van der Waals surface area (Å²) in [5.41, 5.74) is 0. The van der Waals surface area contributed by atoms with Gasteiger partial charge in [-0.3, -0.25) is 0 Å². The Balaban J connectivity index is -0.0000000720. The van der Waals surface area contributed by atoms with Crippen molar-refractivity contribution in [3.8, 4) is 0 Å². The van der Waals surface area contributed by atoms with E-state index in [9.17, 15) is 0 Å². The number of hydrogen-bond acceptors (Lipinski definition) is 6. The molecule has 0 N–H and O–H groups in total. The van der Waals surface area contributed by atoms with Crippen LogP contribution in [0, 0.1) is 71.9 Å². The van der Waals surface area contributed by atoms with Crippen molar-refractivity contribution in [1.29, 1.82) is 0 Å². The standard InChI is InChI=1S/2NO3.Pr/c2*2-1(3)4;/q2*-1;+2. The molecular weight excluding hydrogens is 265 g/mol. The van der Waals surface area contributed by atoms with Crippen LogP contribution < -0.4 is 0 Å². The molecule has 0 saturated carbocycles. The van der Waals surface area contributed by atoms with Gasteiger partial charge >= 0.3 is 41.3 Å². The molecule has 0 rings (SSSR count). The quantitative estimate of drug-likeness (QED) is 0.429. The number of nitrogens with zero attached hydrogens (tertiary/aromatic N) is 2. The van der Waals surface area contributed by atoms with Crippen molar-refractivity contribution in [3.05, 3.63) is 30.6 Å². The second-order valence-corrected chi connectivity index (χ2v) is 0.447. The van der Waals surface area contributed by atoms with Crippen LogP contribution in [-0.2, 0) is 0 Å². The van der Waals surface area contributed by atoms with Gasteiger partial charge in [0.15, 0.2) is 0 Å². The first kappa shape index (κ1) is 15.9. The third-order valence-corrected chi connectivity index (χ3v) is 0.